The fourth-order valence-electron chi connectivity index (χ4n) is 2.75. The Morgan fingerprint density at radius 2 is 2.09 bits per heavy atom. The summed E-state index contributed by atoms with van der Waals surface area (Å²) >= 11 is 0. The van der Waals surface area contributed by atoms with Gasteiger partial charge in [-0.3, -0.25) is 9.69 Å². The first-order valence-electron chi connectivity index (χ1n) is 7.94. The average Bonchev–Trinajstić information content (AvgIpc) is 2.56. The van der Waals surface area contributed by atoms with Gasteiger partial charge in [-0.1, -0.05) is 6.07 Å². The molecule has 1 N–H and O–H groups in total. The van der Waals surface area contributed by atoms with Crippen molar-refractivity contribution in [3.63, 3.8) is 0 Å². The lowest BCUT2D eigenvalue weighted by atomic mass is 10.2. The molecule has 1 atom stereocenters. The SMILES string of the molecule is COc1ccc(CN(C)C(=O)CN2CCNC[C@H]2C)cc1OC. The lowest BCUT2D eigenvalue weighted by Gasteiger charge is -2.34. The Morgan fingerprint density at radius 3 is 2.74 bits per heavy atom. The predicted octanol–water partition coefficient (Wildman–Crippen LogP) is 0.956. The van der Waals surface area contributed by atoms with E-state index in [2.05, 4.69) is 17.1 Å². The van der Waals surface area contributed by atoms with Gasteiger partial charge in [-0.15, -0.1) is 0 Å². The van der Waals surface area contributed by atoms with E-state index >= 15 is 0 Å². The Labute approximate surface area is 138 Å². The second kappa shape index (κ2) is 8.17. The third-order valence-electron chi connectivity index (χ3n) is 4.27. The summed E-state index contributed by atoms with van der Waals surface area (Å²) in [6, 6.07) is 6.13. The summed E-state index contributed by atoms with van der Waals surface area (Å²) in [7, 11) is 5.07. The molecule has 1 saturated heterocycles. The third kappa shape index (κ3) is 4.59. The molecule has 6 nitrogen and oxygen atoms in total. The van der Waals surface area contributed by atoms with Gasteiger partial charge in [0, 0.05) is 39.3 Å². The number of likely N-dealkylation sites (N-methyl/N-ethyl adjacent to an activating group) is 1. The molecule has 6 heteroatoms. The molecule has 0 saturated carbocycles. The van der Waals surface area contributed by atoms with Crippen LogP contribution in [0, 0.1) is 0 Å². The van der Waals surface area contributed by atoms with Gasteiger partial charge in [0.05, 0.1) is 20.8 Å². The highest BCUT2D eigenvalue weighted by Gasteiger charge is 2.22. The molecule has 1 heterocycles. The number of ether oxygens (including phenoxy) is 2. The largest absolute Gasteiger partial charge is 0.493 e. The first-order valence-corrected chi connectivity index (χ1v) is 7.94. The van der Waals surface area contributed by atoms with Gasteiger partial charge < -0.3 is 19.7 Å². The smallest absolute Gasteiger partial charge is 0.236 e. The van der Waals surface area contributed by atoms with Gasteiger partial charge in [-0.05, 0) is 24.6 Å². The zero-order chi connectivity index (χ0) is 16.8. The van der Waals surface area contributed by atoms with Crippen molar-refractivity contribution in [2.75, 3.05) is 47.4 Å². The minimum absolute atomic E-state index is 0.133. The molecule has 23 heavy (non-hydrogen) atoms. The van der Waals surface area contributed by atoms with Crippen LogP contribution in [0.4, 0.5) is 0 Å². The van der Waals surface area contributed by atoms with E-state index in [1.807, 2.05) is 25.2 Å². The van der Waals surface area contributed by atoms with Crippen molar-refractivity contribution in [3.05, 3.63) is 23.8 Å². The molecule has 0 aliphatic carbocycles. The molecule has 0 unspecified atom stereocenters. The molecule has 1 aliphatic rings. The highest BCUT2D eigenvalue weighted by molar-refractivity contribution is 5.78. The zero-order valence-corrected chi connectivity index (χ0v) is 14.5. The van der Waals surface area contributed by atoms with Crippen LogP contribution in [0.25, 0.3) is 0 Å². The van der Waals surface area contributed by atoms with Crippen LogP contribution in [0.3, 0.4) is 0 Å². The molecule has 1 fully saturated rings. The van der Waals surface area contributed by atoms with Crippen molar-refractivity contribution in [1.82, 2.24) is 15.1 Å². The minimum atomic E-state index is 0.133. The maximum absolute atomic E-state index is 12.4. The highest BCUT2D eigenvalue weighted by atomic mass is 16.5. The van der Waals surface area contributed by atoms with Crippen LogP contribution in [0.5, 0.6) is 11.5 Å². The quantitative estimate of drug-likeness (QED) is 0.846. The second-order valence-electron chi connectivity index (χ2n) is 5.96. The Kier molecular flexibility index (Phi) is 6.24. The van der Waals surface area contributed by atoms with Gasteiger partial charge in [-0.25, -0.2) is 0 Å². The second-order valence-corrected chi connectivity index (χ2v) is 5.96. The standard InChI is InChI=1S/C17H27N3O3/c1-13-10-18-7-8-20(13)12-17(21)19(2)11-14-5-6-15(22-3)16(9-14)23-4/h5-6,9,13,18H,7-8,10-12H2,1-4H3/t13-/m1/s1. The minimum Gasteiger partial charge on any atom is -0.493 e. The van der Waals surface area contributed by atoms with Crippen LogP contribution in [0.15, 0.2) is 18.2 Å². The number of nitrogens with zero attached hydrogens (tertiary/aromatic N) is 2. The molecular weight excluding hydrogens is 294 g/mol. The van der Waals surface area contributed by atoms with Gasteiger partial charge in [0.15, 0.2) is 11.5 Å². The van der Waals surface area contributed by atoms with Crippen LogP contribution in [-0.4, -0.2) is 69.2 Å². The molecular formula is C17H27N3O3. The summed E-state index contributed by atoms with van der Waals surface area (Å²) in [4.78, 5) is 16.4. The summed E-state index contributed by atoms with van der Waals surface area (Å²) in [6.07, 6.45) is 0. The number of carbonyl (C=O) groups excluding carboxylic acids is 1. The number of carbonyl (C=O) groups is 1. The first kappa shape index (κ1) is 17.6. The average molecular weight is 321 g/mol. The van der Waals surface area contributed by atoms with Gasteiger partial charge >= 0.3 is 0 Å². The normalized spacial score (nSPS) is 18.5. The number of hydrogen-bond donors (Lipinski definition) is 1. The van der Waals surface area contributed by atoms with Crippen LogP contribution in [0.2, 0.25) is 0 Å². The molecule has 1 aliphatic heterocycles. The number of piperazine rings is 1. The number of methoxy groups -OCH3 is 2. The zero-order valence-electron chi connectivity index (χ0n) is 14.5. The Hall–Kier alpha value is -1.79. The van der Waals surface area contributed by atoms with Gasteiger partial charge in [-0.2, -0.15) is 0 Å². The van der Waals surface area contributed by atoms with Gasteiger partial charge in [0.2, 0.25) is 5.91 Å². The van der Waals surface area contributed by atoms with E-state index in [0.717, 1.165) is 25.2 Å². The topological polar surface area (TPSA) is 54.0 Å². The Bertz CT molecular complexity index is 536. The summed E-state index contributed by atoms with van der Waals surface area (Å²) in [5.41, 5.74) is 1.02. The highest BCUT2D eigenvalue weighted by Crippen LogP contribution is 2.27. The molecule has 0 aromatic heterocycles. The van der Waals surface area contributed by atoms with Crippen LogP contribution in [-0.2, 0) is 11.3 Å². The number of hydrogen-bond acceptors (Lipinski definition) is 5. The number of benzene rings is 1. The van der Waals surface area contributed by atoms with Crippen molar-refractivity contribution in [1.29, 1.82) is 0 Å². The Morgan fingerprint density at radius 1 is 1.35 bits per heavy atom. The van der Waals surface area contributed by atoms with Crippen molar-refractivity contribution in [2.24, 2.45) is 0 Å². The van der Waals surface area contributed by atoms with E-state index < -0.39 is 0 Å². The van der Waals surface area contributed by atoms with Crippen molar-refractivity contribution >= 4 is 5.91 Å². The molecule has 1 amide bonds. The summed E-state index contributed by atoms with van der Waals surface area (Å²) in [5.74, 6) is 1.51. The van der Waals surface area contributed by atoms with Crippen LogP contribution < -0.4 is 14.8 Å². The van der Waals surface area contributed by atoms with E-state index in [-0.39, 0.29) is 5.91 Å². The molecule has 1 aromatic carbocycles. The summed E-state index contributed by atoms with van der Waals surface area (Å²) in [6.45, 7) is 5.96. The van der Waals surface area contributed by atoms with E-state index in [1.54, 1.807) is 19.1 Å². The Balaban J connectivity index is 1.95. The maximum atomic E-state index is 12.4. The van der Waals surface area contributed by atoms with Crippen molar-refractivity contribution in [3.8, 4) is 11.5 Å². The van der Waals surface area contributed by atoms with E-state index in [0.29, 0.717) is 30.6 Å². The van der Waals surface area contributed by atoms with Crippen molar-refractivity contribution < 1.29 is 14.3 Å². The number of rotatable bonds is 6. The lowest BCUT2D eigenvalue weighted by molar-refractivity contribution is -0.132. The molecule has 0 bridgehead atoms. The fourth-order valence-corrected chi connectivity index (χ4v) is 2.75. The summed E-state index contributed by atoms with van der Waals surface area (Å²) < 4.78 is 10.5. The maximum Gasteiger partial charge on any atom is 0.236 e. The van der Waals surface area contributed by atoms with Crippen LogP contribution in [0.1, 0.15) is 12.5 Å². The third-order valence-corrected chi connectivity index (χ3v) is 4.27. The molecule has 0 spiro atoms. The molecule has 1 aromatic rings. The van der Waals surface area contributed by atoms with Gasteiger partial charge in [0.25, 0.3) is 0 Å². The predicted molar refractivity (Wildman–Crippen MR) is 89.9 cm³/mol. The molecule has 0 radical (unpaired) electrons. The first-order chi connectivity index (χ1) is 11.0. The van der Waals surface area contributed by atoms with Crippen LogP contribution >= 0.6 is 0 Å². The van der Waals surface area contributed by atoms with E-state index in [9.17, 15) is 4.79 Å². The number of amides is 1. The van der Waals surface area contributed by atoms with Crippen molar-refractivity contribution in [2.45, 2.75) is 19.5 Å². The van der Waals surface area contributed by atoms with E-state index in [4.69, 9.17) is 9.47 Å². The number of nitrogens with one attached hydrogen (secondary N) is 1. The lowest BCUT2D eigenvalue weighted by Crippen LogP contribution is -2.52. The van der Waals surface area contributed by atoms with E-state index in [1.165, 1.54) is 0 Å². The molecule has 128 valence electrons. The fraction of sp³-hybridized carbons (Fsp3) is 0.588. The summed E-state index contributed by atoms with van der Waals surface area (Å²) in [5, 5.41) is 3.34. The molecule has 2 rings (SSSR count). The van der Waals surface area contributed by atoms with Gasteiger partial charge in [0.1, 0.15) is 0 Å². The monoisotopic (exact) mass is 321 g/mol.